The molecular weight excluding hydrogens is 848 g/mol. The lowest BCUT2D eigenvalue weighted by atomic mass is 9.92. The largest absolute Gasteiger partial charge is 0.340 e. The summed E-state index contributed by atoms with van der Waals surface area (Å²) in [6.07, 6.45) is 0. The molecule has 2 aliphatic heterocycles. The average molecular weight is 868 g/mol. The quantitative estimate of drug-likeness (QED) is 0.188. The van der Waals surface area contributed by atoms with Gasteiger partial charge in [-0.3, -0.25) is 0 Å². The van der Waals surface area contributed by atoms with Gasteiger partial charge in [0.05, 0.1) is 62.3 Å². The SMILES string of the molecule is Brc1cc(Br)cc(C2(c3cc(Br)cc(Br)c3)OCCO2)c1.[C-]#[N+]c1cc(C#N)cc(C2(c3cc(C#N)cc(C#N)c3)OCCO2)c1. The number of rotatable bonds is 4. The Labute approximate surface area is 299 Å². The van der Waals surface area contributed by atoms with Gasteiger partial charge < -0.3 is 18.9 Å². The monoisotopic (exact) mass is 864 g/mol. The Bertz CT molecular complexity index is 1740. The molecule has 12 heteroatoms. The van der Waals surface area contributed by atoms with Gasteiger partial charge in [-0.2, -0.15) is 15.8 Å². The van der Waals surface area contributed by atoms with Crippen LogP contribution >= 0.6 is 63.7 Å². The second-order valence-electron chi connectivity index (χ2n) is 9.96. The Morgan fingerprint density at radius 3 is 1.17 bits per heavy atom. The summed E-state index contributed by atoms with van der Waals surface area (Å²) in [5, 5.41) is 27.7. The van der Waals surface area contributed by atoms with Crippen LogP contribution in [0.25, 0.3) is 4.85 Å². The second kappa shape index (κ2) is 14.6. The van der Waals surface area contributed by atoms with E-state index in [-0.39, 0.29) is 5.69 Å². The van der Waals surface area contributed by atoms with Gasteiger partial charge in [0, 0.05) is 45.7 Å². The van der Waals surface area contributed by atoms with Crippen molar-refractivity contribution in [3.05, 3.63) is 141 Å². The number of hydrogen-bond acceptors (Lipinski definition) is 7. The van der Waals surface area contributed by atoms with Crippen molar-refractivity contribution in [2.45, 2.75) is 11.6 Å². The van der Waals surface area contributed by atoms with Crippen LogP contribution in [0.1, 0.15) is 38.9 Å². The van der Waals surface area contributed by atoms with E-state index in [4.69, 9.17) is 25.5 Å². The lowest BCUT2D eigenvalue weighted by Gasteiger charge is -2.29. The van der Waals surface area contributed by atoms with Gasteiger partial charge in [0.2, 0.25) is 11.6 Å². The fraction of sp³-hybridized carbons (Fsp3) is 0.176. The number of hydrogen-bond donors (Lipinski definition) is 0. The van der Waals surface area contributed by atoms with Crippen molar-refractivity contribution in [3.8, 4) is 18.2 Å². The Hall–Kier alpha value is -3.40. The third kappa shape index (κ3) is 7.11. The minimum Gasteiger partial charge on any atom is -0.340 e. The van der Waals surface area contributed by atoms with Crippen LogP contribution in [0.5, 0.6) is 0 Å². The minimum atomic E-state index is -1.36. The highest BCUT2D eigenvalue weighted by molar-refractivity contribution is 9.11. The Morgan fingerprint density at radius 2 is 0.826 bits per heavy atom. The molecule has 0 radical (unpaired) electrons. The zero-order valence-electron chi connectivity index (χ0n) is 23.7. The molecule has 0 saturated carbocycles. The molecule has 0 aliphatic carbocycles. The first-order valence-corrected chi connectivity index (χ1v) is 16.7. The smallest absolute Gasteiger partial charge is 0.222 e. The molecule has 0 spiro atoms. The molecule has 2 aliphatic rings. The molecule has 0 bridgehead atoms. The number of halogens is 4. The van der Waals surface area contributed by atoms with E-state index in [2.05, 4.69) is 68.6 Å². The lowest BCUT2D eigenvalue weighted by molar-refractivity contribution is -0.130. The van der Waals surface area contributed by atoms with Crippen LogP contribution in [0.2, 0.25) is 0 Å². The number of nitriles is 3. The van der Waals surface area contributed by atoms with Crippen molar-refractivity contribution in [3.63, 3.8) is 0 Å². The predicted molar refractivity (Wildman–Crippen MR) is 182 cm³/mol. The van der Waals surface area contributed by atoms with Crippen LogP contribution in [-0.4, -0.2) is 26.4 Å². The van der Waals surface area contributed by atoms with E-state index >= 15 is 0 Å². The summed E-state index contributed by atoms with van der Waals surface area (Å²) < 4.78 is 27.7. The fourth-order valence-electron chi connectivity index (χ4n) is 5.19. The molecule has 0 N–H and O–H groups in total. The van der Waals surface area contributed by atoms with E-state index < -0.39 is 11.6 Å². The molecule has 228 valence electrons. The summed E-state index contributed by atoms with van der Waals surface area (Å²) in [7, 11) is 0. The van der Waals surface area contributed by atoms with Gasteiger partial charge in [-0.25, -0.2) is 4.85 Å². The van der Waals surface area contributed by atoms with Gasteiger partial charge in [-0.15, -0.1) is 0 Å². The van der Waals surface area contributed by atoms with E-state index in [0.717, 1.165) is 29.0 Å². The summed E-state index contributed by atoms with van der Waals surface area (Å²) >= 11 is 14.1. The second-order valence-corrected chi connectivity index (χ2v) is 13.6. The number of ether oxygens (including phenoxy) is 4. The zero-order chi connectivity index (χ0) is 32.9. The van der Waals surface area contributed by atoms with Crippen LogP contribution in [0.15, 0.2) is 90.7 Å². The van der Waals surface area contributed by atoms with Gasteiger partial charge in [0.15, 0.2) is 5.69 Å². The van der Waals surface area contributed by atoms with E-state index in [0.29, 0.717) is 54.2 Å². The van der Waals surface area contributed by atoms with Crippen LogP contribution in [0.3, 0.4) is 0 Å². The van der Waals surface area contributed by atoms with Gasteiger partial charge in [0.25, 0.3) is 0 Å². The normalized spacial score (nSPS) is 15.8. The summed E-state index contributed by atoms with van der Waals surface area (Å²) in [4.78, 5) is 3.39. The molecular formula is C34H20Br4N4O4. The van der Waals surface area contributed by atoms with E-state index in [1.54, 1.807) is 24.3 Å². The van der Waals surface area contributed by atoms with Crippen molar-refractivity contribution in [1.82, 2.24) is 0 Å². The van der Waals surface area contributed by atoms with Gasteiger partial charge in [-0.1, -0.05) is 63.7 Å². The molecule has 46 heavy (non-hydrogen) atoms. The third-order valence-electron chi connectivity index (χ3n) is 7.00. The Kier molecular flexibility index (Phi) is 10.8. The molecule has 2 heterocycles. The molecule has 0 atom stereocenters. The molecule has 2 fully saturated rings. The van der Waals surface area contributed by atoms with Crippen molar-refractivity contribution >= 4 is 69.4 Å². The maximum absolute atomic E-state index is 9.22. The first kappa shape index (κ1) is 33.9. The van der Waals surface area contributed by atoms with E-state index in [1.165, 1.54) is 12.1 Å². The number of nitrogens with zero attached hydrogens (tertiary/aromatic N) is 4. The molecule has 4 aromatic rings. The average Bonchev–Trinajstić information content (AvgIpc) is 3.76. The zero-order valence-corrected chi connectivity index (χ0v) is 30.0. The standard InChI is InChI=1S/C19H10N4O2.C15H10Br4O2/c1-23-18-8-15(12-22)7-17(9-18)19(24-2-3-25-19)16-5-13(10-20)4-14(6-16)11-21;16-11-3-9(4-12(17)7-11)15(20-1-2-21-15)10-5-13(18)8-14(19)6-10/h4-9H,2-3H2;3-8H,1-2H2. The first-order valence-electron chi connectivity index (χ1n) is 13.5. The van der Waals surface area contributed by atoms with Crippen molar-refractivity contribution < 1.29 is 18.9 Å². The topological polar surface area (TPSA) is 113 Å². The number of benzene rings is 4. The van der Waals surface area contributed by atoms with Crippen molar-refractivity contribution in [1.29, 1.82) is 15.8 Å². The van der Waals surface area contributed by atoms with Crippen molar-refractivity contribution in [2.75, 3.05) is 26.4 Å². The minimum absolute atomic E-state index is 0.282. The van der Waals surface area contributed by atoms with Gasteiger partial charge in [0.1, 0.15) is 0 Å². The van der Waals surface area contributed by atoms with Crippen LogP contribution in [0, 0.1) is 40.6 Å². The summed E-state index contributed by atoms with van der Waals surface area (Å²) in [5.74, 6) is -2.23. The maximum Gasteiger partial charge on any atom is 0.222 e. The van der Waals surface area contributed by atoms with Crippen LogP contribution in [-0.2, 0) is 30.5 Å². The first-order chi connectivity index (χ1) is 22.1. The molecule has 4 aromatic carbocycles. The van der Waals surface area contributed by atoms with E-state index in [9.17, 15) is 15.8 Å². The summed E-state index contributed by atoms with van der Waals surface area (Å²) in [6, 6.07) is 27.4. The summed E-state index contributed by atoms with van der Waals surface area (Å²) in [5.41, 5.74) is 4.05. The highest BCUT2D eigenvalue weighted by Gasteiger charge is 2.42. The molecule has 2 saturated heterocycles. The lowest BCUT2D eigenvalue weighted by Crippen LogP contribution is -2.29. The van der Waals surface area contributed by atoms with Gasteiger partial charge in [-0.05, 0) is 72.8 Å². The summed E-state index contributed by atoms with van der Waals surface area (Å²) in [6.45, 7) is 8.97. The van der Waals surface area contributed by atoms with Crippen LogP contribution < -0.4 is 0 Å². The highest BCUT2D eigenvalue weighted by atomic mass is 79.9. The van der Waals surface area contributed by atoms with Gasteiger partial charge >= 0.3 is 0 Å². The molecule has 0 unspecified atom stereocenters. The maximum atomic E-state index is 9.22. The molecule has 0 aromatic heterocycles. The molecule has 8 nitrogen and oxygen atoms in total. The Balaban J connectivity index is 0.000000184. The van der Waals surface area contributed by atoms with Crippen LogP contribution in [0.4, 0.5) is 5.69 Å². The fourth-order valence-corrected chi connectivity index (χ4v) is 7.78. The van der Waals surface area contributed by atoms with E-state index in [1.807, 2.05) is 54.6 Å². The Morgan fingerprint density at radius 1 is 0.500 bits per heavy atom. The molecule has 6 rings (SSSR count). The highest BCUT2D eigenvalue weighted by Crippen LogP contribution is 2.43. The predicted octanol–water partition coefficient (Wildman–Crippen LogP) is 9.08. The van der Waals surface area contributed by atoms with Crippen molar-refractivity contribution in [2.24, 2.45) is 0 Å². The molecule has 0 amide bonds. The third-order valence-corrected chi connectivity index (χ3v) is 8.83.